The van der Waals surface area contributed by atoms with Gasteiger partial charge in [-0.1, -0.05) is 13.8 Å². The molecule has 4 aliphatic rings. The van der Waals surface area contributed by atoms with Crippen molar-refractivity contribution >= 4 is 0 Å². The van der Waals surface area contributed by atoms with Gasteiger partial charge < -0.3 is 5.11 Å². The molecule has 0 heterocycles. The van der Waals surface area contributed by atoms with E-state index in [2.05, 4.69) is 20.8 Å². The van der Waals surface area contributed by atoms with Gasteiger partial charge in [-0.15, -0.1) is 0 Å². The Kier molecular flexibility index (Phi) is 1.45. The Morgan fingerprint density at radius 3 is 1.57 bits per heavy atom. The van der Waals surface area contributed by atoms with Crippen molar-refractivity contribution in [2.24, 2.45) is 22.7 Å². The number of hydrogen-bond acceptors (Lipinski definition) is 1. The molecule has 4 fully saturated rings. The summed E-state index contributed by atoms with van der Waals surface area (Å²) in [5, 5.41) is 10.8. The first-order chi connectivity index (χ1) is 6.36. The Morgan fingerprint density at radius 2 is 1.21 bits per heavy atom. The first-order valence-electron chi connectivity index (χ1n) is 6.09. The lowest BCUT2D eigenvalue weighted by molar-refractivity contribution is -0.254. The summed E-state index contributed by atoms with van der Waals surface area (Å²) >= 11 is 0. The molecule has 0 radical (unpaired) electrons. The van der Waals surface area contributed by atoms with Gasteiger partial charge in [-0.05, 0) is 61.7 Å². The van der Waals surface area contributed by atoms with Crippen molar-refractivity contribution in [3.05, 3.63) is 0 Å². The summed E-state index contributed by atoms with van der Waals surface area (Å²) in [5.41, 5.74) is 0.00505. The molecule has 0 aromatic carbocycles. The molecule has 0 aromatic heterocycles. The first kappa shape index (κ1) is 9.21. The van der Waals surface area contributed by atoms with Crippen molar-refractivity contribution in [1.29, 1.82) is 0 Å². The van der Waals surface area contributed by atoms with Crippen LogP contribution in [0.2, 0.25) is 0 Å². The SMILES string of the molecule is CC12CC3CC(C1)CC(C)(C3)C2(C)O. The fraction of sp³-hybridized carbons (Fsp3) is 1.00. The second kappa shape index (κ2) is 2.21. The van der Waals surface area contributed by atoms with Gasteiger partial charge in [-0.2, -0.15) is 0 Å². The van der Waals surface area contributed by atoms with E-state index in [1.54, 1.807) is 0 Å². The average molecular weight is 194 g/mol. The Morgan fingerprint density at radius 1 is 0.857 bits per heavy atom. The van der Waals surface area contributed by atoms with Gasteiger partial charge in [0.15, 0.2) is 0 Å². The third kappa shape index (κ3) is 0.816. The Hall–Kier alpha value is -0.0400. The zero-order valence-electron chi connectivity index (χ0n) is 9.64. The van der Waals surface area contributed by atoms with Crippen LogP contribution >= 0.6 is 0 Å². The lowest BCUT2D eigenvalue weighted by Crippen LogP contribution is -2.66. The van der Waals surface area contributed by atoms with Crippen LogP contribution in [0.1, 0.15) is 52.9 Å². The molecule has 1 N–H and O–H groups in total. The van der Waals surface area contributed by atoms with Crippen molar-refractivity contribution in [2.45, 2.75) is 58.5 Å². The highest BCUT2D eigenvalue weighted by atomic mass is 16.3. The summed E-state index contributed by atoms with van der Waals surface area (Å²) in [6.07, 6.45) is 6.53. The zero-order chi connectivity index (χ0) is 10.2. The molecule has 0 aromatic rings. The molecule has 4 aliphatic carbocycles. The van der Waals surface area contributed by atoms with Gasteiger partial charge in [-0.3, -0.25) is 0 Å². The molecule has 4 rings (SSSR count). The van der Waals surface area contributed by atoms with Crippen molar-refractivity contribution in [2.75, 3.05) is 0 Å². The highest BCUT2D eigenvalue weighted by Crippen LogP contribution is 2.69. The predicted octanol–water partition coefficient (Wildman–Crippen LogP) is 2.97. The van der Waals surface area contributed by atoms with Crippen LogP contribution in [0.3, 0.4) is 0 Å². The molecule has 1 nitrogen and oxygen atoms in total. The van der Waals surface area contributed by atoms with E-state index in [0.29, 0.717) is 0 Å². The summed E-state index contributed by atoms with van der Waals surface area (Å²) < 4.78 is 0. The van der Waals surface area contributed by atoms with E-state index in [-0.39, 0.29) is 10.8 Å². The molecule has 0 saturated heterocycles. The van der Waals surface area contributed by atoms with Crippen LogP contribution < -0.4 is 0 Å². The lowest BCUT2D eigenvalue weighted by Gasteiger charge is -2.68. The van der Waals surface area contributed by atoms with Crippen LogP contribution in [-0.4, -0.2) is 10.7 Å². The van der Waals surface area contributed by atoms with Crippen LogP contribution in [0.15, 0.2) is 0 Å². The molecule has 1 heteroatoms. The van der Waals surface area contributed by atoms with E-state index in [0.717, 1.165) is 11.8 Å². The van der Waals surface area contributed by atoms with E-state index in [1.165, 1.54) is 32.1 Å². The van der Waals surface area contributed by atoms with Crippen LogP contribution in [-0.2, 0) is 0 Å². The fourth-order valence-electron chi connectivity index (χ4n) is 5.19. The number of aliphatic hydroxyl groups is 1. The summed E-state index contributed by atoms with van der Waals surface area (Å²) in [5.74, 6) is 1.83. The minimum absolute atomic E-state index is 0.214. The maximum atomic E-state index is 10.8. The quantitative estimate of drug-likeness (QED) is 0.628. The molecule has 14 heavy (non-hydrogen) atoms. The van der Waals surface area contributed by atoms with E-state index in [4.69, 9.17) is 0 Å². The molecule has 0 atom stereocenters. The van der Waals surface area contributed by atoms with Gasteiger partial charge in [-0.25, -0.2) is 0 Å². The smallest absolute Gasteiger partial charge is 0.0726 e. The van der Waals surface area contributed by atoms with Gasteiger partial charge in [0.2, 0.25) is 0 Å². The van der Waals surface area contributed by atoms with Gasteiger partial charge in [0.05, 0.1) is 5.60 Å². The van der Waals surface area contributed by atoms with Gasteiger partial charge in [0.25, 0.3) is 0 Å². The average Bonchev–Trinajstić information content (AvgIpc) is 1.98. The first-order valence-corrected chi connectivity index (χ1v) is 6.09. The second-order valence-electron chi connectivity index (χ2n) is 6.98. The van der Waals surface area contributed by atoms with Crippen LogP contribution in [0, 0.1) is 22.7 Å². The largest absolute Gasteiger partial charge is 0.389 e. The molecule has 0 spiro atoms. The van der Waals surface area contributed by atoms with Crippen molar-refractivity contribution in [1.82, 2.24) is 0 Å². The molecule has 4 saturated carbocycles. The van der Waals surface area contributed by atoms with Crippen molar-refractivity contribution in [3.8, 4) is 0 Å². The minimum atomic E-state index is -0.423. The predicted molar refractivity (Wildman–Crippen MR) is 56.9 cm³/mol. The molecule has 80 valence electrons. The molecule has 0 aliphatic heterocycles. The Balaban J connectivity index is 2.10. The van der Waals surface area contributed by atoms with Gasteiger partial charge >= 0.3 is 0 Å². The second-order valence-corrected chi connectivity index (χ2v) is 6.98. The monoisotopic (exact) mass is 194 g/mol. The summed E-state index contributed by atoms with van der Waals surface area (Å²) in [4.78, 5) is 0. The normalized spacial score (nSPS) is 66.0. The zero-order valence-corrected chi connectivity index (χ0v) is 9.64. The van der Waals surface area contributed by atoms with E-state index < -0.39 is 5.60 Å². The van der Waals surface area contributed by atoms with Gasteiger partial charge in [0, 0.05) is 0 Å². The third-order valence-corrected chi connectivity index (χ3v) is 5.97. The van der Waals surface area contributed by atoms with E-state index in [9.17, 15) is 5.11 Å². The topological polar surface area (TPSA) is 20.2 Å². The molecule has 0 unspecified atom stereocenters. The third-order valence-electron chi connectivity index (χ3n) is 5.97. The van der Waals surface area contributed by atoms with Crippen LogP contribution in [0.4, 0.5) is 0 Å². The van der Waals surface area contributed by atoms with Gasteiger partial charge in [0.1, 0.15) is 0 Å². The lowest BCUT2D eigenvalue weighted by atomic mass is 9.39. The highest BCUT2D eigenvalue weighted by molar-refractivity contribution is 5.16. The molecular formula is C13H22O. The van der Waals surface area contributed by atoms with Crippen LogP contribution in [0.5, 0.6) is 0 Å². The molecular weight excluding hydrogens is 172 g/mol. The summed E-state index contributed by atoms with van der Waals surface area (Å²) in [6, 6.07) is 0. The molecule has 4 bridgehead atoms. The summed E-state index contributed by atoms with van der Waals surface area (Å²) in [6.45, 7) is 6.75. The van der Waals surface area contributed by atoms with Crippen molar-refractivity contribution < 1.29 is 5.11 Å². The maximum Gasteiger partial charge on any atom is 0.0726 e. The summed E-state index contributed by atoms with van der Waals surface area (Å²) in [7, 11) is 0. The number of rotatable bonds is 0. The Bertz CT molecular complexity index is 241. The van der Waals surface area contributed by atoms with E-state index in [1.807, 2.05) is 0 Å². The van der Waals surface area contributed by atoms with E-state index >= 15 is 0 Å². The fourth-order valence-corrected chi connectivity index (χ4v) is 5.19. The molecule has 0 amide bonds. The minimum Gasteiger partial charge on any atom is -0.389 e. The Labute approximate surface area is 86.9 Å². The van der Waals surface area contributed by atoms with Crippen LogP contribution in [0.25, 0.3) is 0 Å². The standard InChI is InChI=1S/C13H22O/c1-11-5-9-4-10(6-11)8-12(2,7-9)13(11,3)14/h9-10,14H,4-8H2,1-3H3. The maximum absolute atomic E-state index is 10.8. The number of hydrogen-bond donors (Lipinski definition) is 1. The highest BCUT2D eigenvalue weighted by Gasteiger charge is 2.65. The van der Waals surface area contributed by atoms with Crippen molar-refractivity contribution in [3.63, 3.8) is 0 Å².